The van der Waals surface area contributed by atoms with Crippen molar-refractivity contribution in [3.05, 3.63) is 18.0 Å². The predicted molar refractivity (Wildman–Crippen MR) is 57.3 cm³/mol. The van der Waals surface area contributed by atoms with Crippen LogP contribution in [0.1, 0.15) is 18.0 Å². The highest BCUT2D eigenvalue weighted by molar-refractivity contribution is 7.91. The highest BCUT2D eigenvalue weighted by atomic mass is 32.2. The first-order chi connectivity index (χ1) is 7.11. The molecule has 1 aromatic rings. The van der Waals surface area contributed by atoms with Crippen molar-refractivity contribution < 1.29 is 8.42 Å². The fraction of sp³-hybridized carbons (Fsp3) is 0.667. The Morgan fingerprint density at radius 3 is 3.00 bits per heavy atom. The third kappa shape index (κ3) is 2.38. The van der Waals surface area contributed by atoms with E-state index in [1.54, 1.807) is 10.9 Å². The van der Waals surface area contributed by atoms with Crippen LogP contribution in [-0.2, 0) is 16.3 Å². The van der Waals surface area contributed by atoms with Crippen molar-refractivity contribution in [3.63, 3.8) is 0 Å². The van der Waals surface area contributed by atoms with Crippen molar-refractivity contribution in [3.8, 4) is 0 Å². The van der Waals surface area contributed by atoms with E-state index in [2.05, 4.69) is 5.10 Å². The summed E-state index contributed by atoms with van der Waals surface area (Å²) in [4.78, 5) is 0. The van der Waals surface area contributed by atoms with Crippen LogP contribution in [0.5, 0.6) is 0 Å². The van der Waals surface area contributed by atoms with Crippen LogP contribution in [0, 0.1) is 0 Å². The van der Waals surface area contributed by atoms with Gasteiger partial charge in [-0.1, -0.05) is 0 Å². The highest BCUT2D eigenvalue weighted by Gasteiger charge is 2.29. The van der Waals surface area contributed by atoms with E-state index in [4.69, 9.17) is 5.73 Å². The minimum Gasteiger partial charge on any atom is -0.330 e. The van der Waals surface area contributed by atoms with Gasteiger partial charge in [-0.15, -0.1) is 0 Å². The number of hydrogen-bond donors (Lipinski definition) is 1. The minimum absolute atomic E-state index is 0.0153. The Labute approximate surface area is 89.2 Å². The molecule has 1 saturated heterocycles. The van der Waals surface area contributed by atoms with Gasteiger partial charge in [0.05, 0.1) is 23.7 Å². The number of nitrogens with two attached hydrogens (primary N) is 1. The zero-order valence-electron chi connectivity index (χ0n) is 8.46. The van der Waals surface area contributed by atoms with Gasteiger partial charge in [0.2, 0.25) is 0 Å². The molecule has 0 aromatic carbocycles. The number of sulfone groups is 1. The Balaban J connectivity index is 2.10. The number of nitrogens with zero attached hydrogens (tertiary/aromatic N) is 2. The molecule has 1 fully saturated rings. The van der Waals surface area contributed by atoms with E-state index in [1.165, 1.54) is 0 Å². The molecular formula is C9H15N3O2S. The lowest BCUT2D eigenvalue weighted by atomic mass is 10.2. The second kappa shape index (κ2) is 3.94. The maximum absolute atomic E-state index is 11.3. The molecule has 1 aliphatic heterocycles. The molecule has 84 valence electrons. The maximum atomic E-state index is 11.3. The van der Waals surface area contributed by atoms with Gasteiger partial charge in [-0.05, 0) is 24.9 Å². The van der Waals surface area contributed by atoms with Crippen LogP contribution in [0.15, 0.2) is 12.4 Å². The Hall–Kier alpha value is -0.880. The molecule has 1 aliphatic rings. The fourth-order valence-electron chi connectivity index (χ4n) is 1.86. The van der Waals surface area contributed by atoms with Gasteiger partial charge in [0, 0.05) is 6.20 Å². The van der Waals surface area contributed by atoms with E-state index in [9.17, 15) is 8.42 Å². The lowest BCUT2D eigenvalue weighted by Gasteiger charge is -2.06. The molecule has 0 saturated carbocycles. The molecule has 0 radical (unpaired) electrons. The van der Waals surface area contributed by atoms with Crippen molar-refractivity contribution in [2.24, 2.45) is 5.73 Å². The molecule has 1 unspecified atom stereocenters. The summed E-state index contributed by atoms with van der Waals surface area (Å²) in [6, 6.07) is 0.0153. The Bertz CT molecular complexity index is 438. The second-order valence-corrected chi connectivity index (χ2v) is 6.15. The van der Waals surface area contributed by atoms with E-state index < -0.39 is 9.84 Å². The van der Waals surface area contributed by atoms with Crippen LogP contribution < -0.4 is 5.73 Å². The molecule has 0 amide bonds. The van der Waals surface area contributed by atoms with E-state index in [-0.39, 0.29) is 17.5 Å². The van der Waals surface area contributed by atoms with Gasteiger partial charge in [0.1, 0.15) is 0 Å². The summed E-state index contributed by atoms with van der Waals surface area (Å²) in [6.07, 6.45) is 5.13. The third-order valence-electron chi connectivity index (χ3n) is 2.67. The van der Waals surface area contributed by atoms with E-state index >= 15 is 0 Å². The molecule has 0 spiro atoms. The zero-order valence-corrected chi connectivity index (χ0v) is 9.28. The second-order valence-electron chi connectivity index (χ2n) is 3.92. The number of aromatic nitrogens is 2. The minimum atomic E-state index is -2.83. The van der Waals surface area contributed by atoms with Gasteiger partial charge in [-0.25, -0.2) is 8.42 Å². The first kappa shape index (κ1) is 10.6. The normalized spacial score (nSPS) is 24.5. The van der Waals surface area contributed by atoms with Crippen LogP contribution in [0.4, 0.5) is 0 Å². The summed E-state index contributed by atoms with van der Waals surface area (Å²) in [6.45, 7) is 0.592. The molecule has 0 aliphatic carbocycles. The summed E-state index contributed by atoms with van der Waals surface area (Å²) in [7, 11) is -2.83. The molecule has 2 heterocycles. The molecule has 6 heteroatoms. The molecule has 5 nitrogen and oxygen atoms in total. The number of rotatable bonds is 3. The van der Waals surface area contributed by atoms with Crippen molar-refractivity contribution in [1.29, 1.82) is 0 Å². The first-order valence-electron chi connectivity index (χ1n) is 5.04. The van der Waals surface area contributed by atoms with Gasteiger partial charge in [-0.2, -0.15) is 5.10 Å². The van der Waals surface area contributed by atoms with Crippen molar-refractivity contribution in [2.75, 3.05) is 18.1 Å². The number of hydrogen-bond acceptors (Lipinski definition) is 4. The average Bonchev–Trinajstić information content (AvgIpc) is 2.73. The third-order valence-corrected chi connectivity index (χ3v) is 4.42. The summed E-state index contributed by atoms with van der Waals surface area (Å²) in [5.74, 6) is 0.500. The quantitative estimate of drug-likeness (QED) is 0.775. The highest BCUT2D eigenvalue weighted by Crippen LogP contribution is 2.22. The van der Waals surface area contributed by atoms with Gasteiger partial charge >= 0.3 is 0 Å². The Kier molecular flexibility index (Phi) is 2.79. The van der Waals surface area contributed by atoms with Crippen molar-refractivity contribution in [1.82, 2.24) is 9.78 Å². The van der Waals surface area contributed by atoms with Gasteiger partial charge in [0.15, 0.2) is 9.84 Å². The summed E-state index contributed by atoms with van der Waals surface area (Å²) >= 11 is 0. The standard InChI is InChI=1S/C9H15N3O2S/c10-3-1-8-5-11-12(6-8)9-2-4-15(13,14)7-9/h5-6,9H,1-4,7,10H2. The SMILES string of the molecule is NCCc1cnn(C2CCS(=O)(=O)C2)c1. The van der Waals surface area contributed by atoms with Crippen LogP contribution in [-0.4, -0.2) is 36.2 Å². The topological polar surface area (TPSA) is 78.0 Å². The molecule has 1 atom stereocenters. The molecular weight excluding hydrogens is 214 g/mol. The lowest BCUT2D eigenvalue weighted by molar-refractivity contribution is 0.499. The largest absolute Gasteiger partial charge is 0.330 e. The van der Waals surface area contributed by atoms with Crippen LogP contribution in [0.2, 0.25) is 0 Å². The van der Waals surface area contributed by atoms with Crippen LogP contribution in [0.3, 0.4) is 0 Å². The Morgan fingerprint density at radius 2 is 2.40 bits per heavy atom. The molecule has 2 rings (SSSR count). The molecule has 2 N–H and O–H groups in total. The smallest absolute Gasteiger partial charge is 0.152 e. The van der Waals surface area contributed by atoms with Crippen molar-refractivity contribution >= 4 is 9.84 Å². The predicted octanol–water partition coefficient (Wildman–Crippen LogP) is -0.256. The Morgan fingerprint density at radius 1 is 1.60 bits per heavy atom. The van der Waals surface area contributed by atoms with E-state index in [0.29, 0.717) is 13.0 Å². The fourth-order valence-corrected chi connectivity index (χ4v) is 3.56. The average molecular weight is 229 g/mol. The van der Waals surface area contributed by atoms with Gasteiger partial charge in [-0.3, -0.25) is 4.68 Å². The van der Waals surface area contributed by atoms with E-state index in [1.807, 2.05) is 6.20 Å². The summed E-state index contributed by atoms with van der Waals surface area (Å²) in [5.41, 5.74) is 6.50. The lowest BCUT2D eigenvalue weighted by Crippen LogP contribution is -2.11. The van der Waals surface area contributed by atoms with Gasteiger partial charge in [0.25, 0.3) is 0 Å². The maximum Gasteiger partial charge on any atom is 0.152 e. The van der Waals surface area contributed by atoms with Crippen LogP contribution in [0.25, 0.3) is 0 Å². The van der Waals surface area contributed by atoms with E-state index in [0.717, 1.165) is 12.0 Å². The molecule has 0 bridgehead atoms. The van der Waals surface area contributed by atoms with Crippen molar-refractivity contribution in [2.45, 2.75) is 18.9 Å². The first-order valence-corrected chi connectivity index (χ1v) is 6.86. The summed E-state index contributed by atoms with van der Waals surface area (Å²) in [5, 5.41) is 4.18. The molecule has 15 heavy (non-hydrogen) atoms. The molecule has 1 aromatic heterocycles. The zero-order chi connectivity index (χ0) is 10.9. The monoisotopic (exact) mass is 229 g/mol. The van der Waals surface area contributed by atoms with Gasteiger partial charge < -0.3 is 5.73 Å². The summed E-state index contributed by atoms with van der Waals surface area (Å²) < 4.78 is 24.3. The van der Waals surface area contributed by atoms with Crippen LogP contribution >= 0.6 is 0 Å².